The molecule has 0 aliphatic carbocycles. The molecule has 2 nitrogen and oxygen atoms in total. The molecular formula is C17H21BrN2. The number of hydrogen-bond donors (Lipinski definition) is 1. The second kappa shape index (κ2) is 6.91. The molecule has 20 heavy (non-hydrogen) atoms. The van der Waals surface area contributed by atoms with Gasteiger partial charge in [-0.3, -0.25) is 0 Å². The van der Waals surface area contributed by atoms with Gasteiger partial charge in [0.2, 0.25) is 0 Å². The van der Waals surface area contributed by atoms with Crippen LogP contribution in [0, 0.1) is 6.92 Å². The van der Waals surface area contributed by atoms with Crippen LogP contribution in [0.15, 0.2) is 46.9 Å². The molecule has 3 heteroatoms. The van der Waals surface area contributed by atoms with Crippen LogP contribution >= 0.6 is 15.9 Å². The summed E-state index contributed by atoms with van der Waals surface area (Å²) in [5.74, 6) is 0. The largest absolute Gasteiger partial charge is 0.344 e. The Balaban J connectivity index is 2.21. The molecule has 0 fully saturated rings. The third-order valence-electron chi connectivity index (χ3n) is 3.37. The SMILES string of the molecule is CCNCc1ccc(N(C)c2ccc(C)cc2)c(Br)c1. The molecule has 2 aromatic carbocycles. The predicted molar refractivity (Wildman–Crippen MR) is 90.8 cm³/mol. The first-order chi connectivity index (χ1) is 9.61. The highest BCUT2D eigenvalue weighted by Gasteiger charge is 2.08. The molecule has 0 bridgehead atoms. The molecule has 2 rings (SSSR count). The summed E-state index contributed by atoms with van der Waals surface area (Å²) < 4.78 is 1.12. The van der Waals surface area contributed by atoms with E-state index in [-0.39, 0.29) is 0 Å². The number of benzene rings is 2. The highest BCUT2D eigenvalue weighted by molar-refractivity contribution is 9.10. The zero-order chi connectivity index (χ0) is 14.5. The average Bonchev–Trinajstić information content (AvgIpc) is 2.45. The van der Waals surface area contributed by atoms with E-state index in [4.69, 9.17) is 0 Å². The Kier molecular flexibility index (Phi) is 5.21. The quantitative estimate of drug-likeness (QED) is 0.858. The van der Waals surface area contributed by atoms with Crippen molar-refractivity contribution in [1.82, 2.24) is 5.32 Å². The van der Waals surface area contributed by atoms with Gasteiger partial charge in [-0.2, -0.15) is 0 Å². The van der Waals surface area contributed by atoms with Gasteiger partial charge in [0.05, 0.1) is 5.69 Å². The molecule has 0 spiro atoms. The topological polar surface area (TPSA) is 15.3 Å². The Morgan fingerprint density at radius 2 is 1.80 bits per heavy atom. The van der Waals surface area contributed by atoms with Gasteiger partial charge in [-0.1, -0.05) is 30.7 Å². The van der Waals surface area contributed by atoms with Crippen LogP contribution in [-0.4, -0.2) is 13.6 Å². The molecule has 0 heterocycles. The van der Waals surface area contributed by atoms with Crippen molar-refractivity contribution in [2.45, 2.75) is 20.4 Å². The number of halogens is 1. The Morgan fingerprint density at radius 1 is 1.10 bits per heavy atom. The van der Waals surface area contributed by atoms with E-state index in [2.05, 4.69) is 89.5 Å². The third-order valence-corrected chi connectivity index (χ3v) is 4.01. The van der Waals surface area contributed by atoms with Crippen LogP contribution in [0.2, 0.25) is 0 Å². The van der Waals surface area contributed by atoms with Gasteiger partial charge in [-0.25, -0.2) is 0 Å². The fourth-order valence-corrected chi connectivity index (χ4v) is 2.80. The maximum Gasteiger partial charge on any atom is 0.0552 e. The van der Waals surface area contributed by atoms with E-state index in [1.54, 1.807) is 0 Å². The molecule has 0 aliphatic rings. The van der Waals surface area contributed by atoms with E-state index in [9.17, 15) is 0 Å². The lowest BCUT2D eigenvalue weighted by Gasteiger charge is -2.21. The molecular weight excluding hydrogens is 312 g/mol. The summed E-state index contributed by atoms with van der Waals surface area (Å²) in [6.45, 7) is 6.12. The van der Waals surface area contributed by atoms with Crippen molar-refractivity contribution in [2.75, 3.05) is 18.5 Å². The van der Waals surface area contributed by atoms with Crippen molar-refractivity contribution < 1.29 is 0 Å². The van der Waals surface area contributed by atoms with Gasteiger partial charge in [0.1, 0.15) is 0 Å². The Hall–Kier alpha value is -1.32. The maximum atomic E-state index is 3.68. The van der Waals surface area contributed by atoms with Crippen molar-refractivity contribution in [3.8, 4) is 0 Å². The number of nitrogens with zero attached hydrogens (tertiary/aromatic N) is 1. The van der Waals surface area contributed by atoms with Crippen LogP contribution < -0.4 is 10.2 Å². The summed E-state index contributed by atoms with van der Waals surface area (Å²) in [5, 5.41) is 3.34. The second-order valence-electron chi connectivity index (χ2n) is 4.96. The van der Waals surface area contributed by atoms with Gasteiger partial charge in [0.15, 0.2) is 0 Å². The fourth-order valence-electron chi connectivity index (χ4n) is 2.11. The predicted octanol–water partition coefficient (Wildman–Crippen LogP) is 4.63. The summed E-state index contributed by atoms with van der Waals surface area (Å²) in [5.41, 5.74) is 4.94. The molecule has 0 aliphatic heterocycles. The smallest absolute Gasteiger partial charge is 0.0552 e. The van der Waals surface area contributed by atoms with Crippen LogP contribution in [0.3, 0.4) is 0 Å². The molecule has 0 saturated heterocycles. The lowest BCUT2D eigenvalue weighted by molar-refractivity contribution is 0.726. The van der Waals surface area contributed by atoms with E-state index in [0.29, 0.717) is 0 Å². The summed E-state index contributed by atoms with van der Waals surface area (Å²) in [6.07, 6.45) is 0. The summed E-state index contributed by atoms with van der Waals surface area (Å²) in [7, 11) is 2.09. The minimum Gasteiger partial charge on any atom is -0.344 e. The zero-order valence-electron chi connectivity index (χ0n) is 12.3. The molecule has 2 aromatic rings. The minimum atomic E-state index is 0.906. The summed E-state index contributed by atoms with van der Waals surface area (Å²) in [4.78, 5) is 2.19. The molecule has 0 aromatic heterocycles. The average molecular weight is 333 g/mol. The van der Waals surface area contributed by atoms with Crippen molar-refractivity contribution in [1.29, 1.82) is 0 Å². The first-order valence-electron chi connectivity index (χ1n) is 6.91. The summed E-state index contributed by atoms with van der Waals surface area (Å²) >= 11 is 3.68. The number of aryl methyl sites for hydroxylation is 1. The monoisotopic (exact) mass is 332 g/mol. The normalized spacial score (nSPS) is 10.6. The molecule has 106 valence electrons. The van der Waals surface area contributed by atoms with Crippen molar-refractivity contribution >= 4 is 27.3 Å². The molecule has 0 amide bonds. The van der Waals surface area contributed by atoms with Gasteiger partial charge in [-0.05, 0) is 59.2 Å². The van der Waals surface area contributed by atoms with E-state index >= 15 is 0 Å². The minimum absolute atomic E-state index is 0.906. The zero-order valence-corrected chi connectivity index (χ0v) is 13.9. The number of nitrogens with one attached hydrogen (secondary N) is 1. The maximum absolute atomic E-state index is 3.68. The molecule has 0 saturated carbocycles. The Morgan fingerprint density at radius 3 is 2.40 bits per heavy atom. The fraction of sp³-hybridized carbons (Fsp3) is 0.294. The van der Waals surface area contributed by atoms with Gasteiger partial charge in [0.25, 0.3) is 0 Å². The number of hydrogen-bond acceptors (Lipinski definition) is 2. The van der Waals surface area contributed by atoms with Gasteiger partial charge in [-0.15, -0.1) is 0 Å². The second-order valence-corrected chi connectivity index (χ2v) is 5.81. The summed E-state index contributed by atoms with van der Waals surface area (Å²) in [6, 6.07) is 15.1. The van der Waals surface area contributed by atoms with Crippen LogP contribution in [0.1, 0.15) is 18.1 Å². The van der Waals surface area contributed by atoms with Crippen molar-refractivity contribution in [3.63, 3.8) is 0 Å². The lowest BCUT2D eigenvalue weighted by Crippen LogP contribution is -2.13. The first-order valence-corrected chi connectivity index (χ1v) is 7.70. The Bertz CT molecular complexity index is 564. The van der Waals surface area contributed by atoms with Gasteiger partial charge >= 0.3 is 0 Å². The van der Waals surface area contributed by atoms with Crippen LogP contribution in [0.25, 0.3) is 0 Å². The standard InChI is InChI=1S/C17H21BrN2/c1-4-19-12-14-7-10-17(16(18)11-14)20(3)15-8-5-13(2)6-9-15/h5-11,19H,4,12H2,1-3H3. The van der Waals surface area contributed by atoms with Crippen molar-refractivity contribution in [3.05, 3.63) is 58.1 Å². The van der Waals surface area contributed by atoms with E-state index in [1.807, 2.05) is 0 Å². The Labute approximate surface area is 129 Å². The number of anilines is 2. The molecule has 0 unspecified atom stereocenters. The molecule has 0 atom stereocenters. The molecule has 0 radical (unpaired) electrons. The van der Waals surface area contributed by atoms with Crippen LogP contribution in [0.5, 0.6) is 0 Å². The lowest BCUT2D eigenvalue weighted by atomic mass is 10.1. The van der Waals surface area contributed by atoms with E-state index in [1.165, 1.54) is 22.5 Å². The van der Waals surface area contributed by atoms with E-state index < -0.39 is 0 Å². The van der Waals surface area contributed by atoms with E-state index in [0.717, 1.165) is 17.6 Å². The highest BCUT2D eigenvalue weighted by Crippen LogP contribution is 2.31. The highest BCUT2D eigenvalue weighted by atomic mass is 79.9. The van der Waals surface area contributed by atoms with Crippen LogP contribution in [-0.2, 0) is 6.54 Å². The van der Waals surface area contributed by atoms with Crippen LogP contribution in [0.4, 0.5) is 11.4 Å². The third kappa shape index (κ3) is 3.62. The number of rotatable bonds is 5. The first kappa shape index (κ1) is 15.1. The van der Waals surface area contributed by atoms with Crippen molar-refractivity contribution in [2.24, 2.45) is 0 Å². The molecule has 1 N–H and O–H groups in total. The van der Waals surface area contributed by atoms with Gasteiger partial charge < -0.3 is 10.2 Å². The van der Waals surface area contributed by atoms with Gasteiger partial charge in [0, 0.05) is 23.8 Å².